The Kier molecular flexibility index (Phi) is 5.15. The molecule has 3 nitrogen and oxygen atoms in total. The van der Waals surface area contributed by atoms with E-state index in [1.54, 1.807) is 12.1 Å². The number of carbonyl (C=O) groups excluding carboxylic acids is 1. The van der Waals surface area contributed by atoms with Gasteiger partial charge < -0.3 is 10.1 Å². The van der Waals surface area contributed by atoms with Crippen LogP contribution in [-0.4, -0.2) is 12.5 Å². The van der Waals surface area contributed by atoms with Gasteiger partial charge in [-0.1, -0.05) is 24.3 Å². The van der Waals surface area contributed by atoms with Gasteiger partial charge in [0.05, 0.1) is 6.04 Å². The van der Waals surface area contributed by atoms with Crippen molar-refractivity contribution in [3.63, 3.8) is 0 Å². The van der Waals surface area contributed by atoms with Gasteiger partial charge in [0.25, 0.3) is 5.91 Å². The predicted octanol–water partition coefficient (Wildman–Crippen LogP) is 3.70. The van der Waals surface area contributed by atoms with Crippen molar-refractivity contribution in [2.24, 2.45) is 0 Å². The van der Waals surface area contributed by atoms with Gasteiger partial charge in [-0.3, -0.25) is 4.79 Å². The van der Waals surface area contributed by atoms with Gasteiger partial charge in [0, 0.05) is 0 Å². The Morgan fingerprint density at radius 3 is 2.55 bits per heavy atom. The number of nitrogens with one attached hydrogen (secondary N) is 1. The molecule has 4 heteroatoms. The van der Waals surface area contributed by atoms with Crippen LogP contribution in [0.5, 0.6) is 5.75 Å². The lowest BCUT2D eigenvalue weighted by atomic mass is 10.1. The first-order valence-electron chi connectivity index (χ1n) is 7.21. The average molecular weight is 301 g/mol. The lowest BCUT2D eigenvalue weighted by Gasteiger charge is -2.15. The Morgan fingerprint density at radius 1 is 1.18 bits per heavy atom. The maximum atomic E-state index is 12.9. The summed E-state index contributed by atoms with van der Waals surface area (Å²) in [5.41, 5.74) is 3.00. The number of rotatable bonds is 5. The molecule has 22 heavy (non-hydrogen) atoms. The van der Waals surface area contributed by atoms with Crippen molar-refractivity contribution < 1.29 is 13.9 Å². The maximum Gasteiger partial charge on any atom is 0.258 e. The summed E-state index contributed by atoms with van der Waals surface area (Å²) in [7, 11) is 0. The van der Waals surface area contributed by atoms with Crippen molar-refractivity contribution in [3.8, 4) is 5.75 Å². The molecule has 0 heterocycles. The number of benzene rings is 2. The number of hydrogen-bond donors (Lipinski definition) is 1. The monoisotopic (exact) mass is 301 g/mol. The summed E-state index contributed by atoms with van der Waals surface area (Å²) in [4.78, 5) is 12.0. The molecule has 0 spiro atoms. The Labute approximate surface area is 130 Å². The molecular weight excluding hydrogens is 281 g/mol. The first-order valence-corrected chi connectivity index (χ1v) is 7.21. The molecule has 0 unspecified atom stereocenters. The molecule has 0 aromatic heterocycles. The molecule has 0 saturated heterocycles. The van der Waals surface area contributed by atoms with Gasteiger partial charge in [0.15, 0.2) is 6.61 Å². The molecular formula is C18H20FNO2. The summed E-state index contributed by atoms with van der Waals surface area (Å²) >= 11 is 0. The number of halogens is 1. The van der Waals surface area contributed by atoms with E-state index in [2.05, 4.69) is 5.32 Å². The van der Waals surface area contributed by atoms with Crippen LogP contribution < -0.4 is 10.1 Å². The van der Waals surface area contributed by atoms with E-state index >= 15 is 0 Å². The summed E-state index contributed by atoms with van der Waals surface area (Å²) in [6.07, 6.45) is 0. The number of carbonyl (C=O) groups is 1. The Balaban J connectivity index is 1.90. The Bertz CT molecular complexity index is 653. The summed E-state index contributed by atoms with van der Waals surface area (Å²) in [5, 5.41) is 2.83. The van der Waals surface area contributed by atoms with Crippen LogP contribution in [0, 0.1) is 19.7 Å². The third kappa shape index (κ3) is 4.07. The van der Waals surface area contributed by atoms with Crippen LogP contribution in [0.4, 0.5) is 4.39 Å². The smallest absolute Gasteiger partial charge is 0.258 e. The van der Waals surface area contributed by atoms with Crippen LogP contribution in [-0.2, 0) is 4.79 Å². The molecule has 2 aromatic carbocycles. The van der Waals surface area contributed by atoms with E-state index in [0.29, 0.717) is 5.75 Å². The summed E-state index contributed by atoms with van der Waals surface area (Å²) in [5.74, 6) is 0.211. The molecule has 0 aliphatic rings. The van der Waals surface area contributed by atoms with Crippen molar-refractivity contribution in [2.45, 2.75) is 26.8 Å². The third-order valence-corrected chi connectivity index (χ3v) is 3.66. The highest BCUT2D eigenvalue weighted by molar-refractivity contribution is 5.78. The fraction of sp³-hybridized carbons (Fsp3) is 0.278. The quantitative estimate of drug-likeness (QED) is 0.914. The SMILES string of the molecule is Cc1cccc(OCC(=O)N[C@H](C)c2ccc(F)cc2)c1C. The van der Waals surface area contributed by atoms with Crippen molar-refractivity contribution in [2.75, 3.05) is 6.61 Å². The highest BCUT2D eigenvalue weighted by Gasteiger charge is 2.11. The van der Waals surface area contributed by atoms with Crippen LogP contribution >= 0.6 is 0 Å². The molecule has 0 aliphatic carbocycles. The number of hydrogen-bond acceptors (Lipinski definition) is 2. The fourth-order valence-electron chi connectivity index (χ4n) is 2.14. The van der Waals surface area contributed by atoms with Gasteiger partial charge >= 0.3 is 0 Å². The van der Waals surface area contributed by atoms with E-state index < -0.39 is 0 Å². The Morgan fingerprint density at radius 2 is 1.86 bits per heavy atom. The van der Waals surface area contributed by atoms with Crippen LogP contribution in [0.1, 0.15) is 29.7 Å². The zero-order valence-corrected chi connectivity index (χ0v) is 13.0. The maximum absolute atomic E-state index is 12.9. The minimum absolute atomic E-state index is 0.0458. The van der Waals surface area contributed by atoms with Crippen LogP contribution in [0.2, 0.25) is 0 Å². The first kappa shape index (κ1) is 16.0. The molecule has 0 radical (unpaired) electrons. The van der Waals surface area contributed by atoms with E-state index in [1.807, 2.05) is 39.0 Å². The van der Waals surface area contributed by atoms with E-state index in [1.165, 1.54) is 12.1 Å². The molecule has 116 valence electrons. The fourth-order valence-corrected chi connectivity index (χ4v) is 2.14. The van der Waals surface area contributed by atoms with Gasteiger partial charge in [-0.25, -0.2) is 4.39 Å². The largest absolute Gasteiger partial charge is 0.483 e. The molecule has 1 N–H and O–H groups in total. The molecule has 0 aliphatic heterocycles. The second kappa shape index (κ2) is 7.07. The highest BCUT2D eigenvalue weighted by Crippen LogP contribution is 2.20. The lowest BCUT2D eigenvalue weighted by Crippen LogP contribution is -2.31. The summed E-state index contributed by atoms with van der Waals surface area (Å²) in [6.45, 7) is 5.77. The highest BCUT2D eigenvalue weighted by atomic mass is 19.1. The van der Waals surface area contributed by atoms with Crippen LogP contribution in [0.3, 0.4) is 0 Å². The number of ether oxygens (including phenoxy) is 1. The molecule has 2 aromatic rings. The summed E-state index contributed by atoms with van der Waals surface area (Å²) in [6, 6.07) is 11.6. The zero-order chi connectivity index (χ0) is 16.1. The van der Waals surface area contributed by atoms with E-state index in [9.17, 15) is 9.18 Å². The van der Waals surface area contributed by atoms with Gasteiger partial charge in [0.1, 0.15) is 11.6 Å². The number of aryl methyl sites for hydroxylation is 1. The third-order valence-electron chi connectivity index (χ3n) is 3.66. The van der Waals surface area contributed by atoms with E-state index in [-0.39, 0.29) is 24.4 Å². The lowest BCUT2D eigenvalue weighted by molar-refractivity contribution is -0.123. The zero-order valence-electron chi connectivity index (χ0n) is 13.0. The van der Waals surface area contributed by atoms with Crippen molar-refractivity contribution in [1.29, 1.82) is 0 Å². The molecule has 2 rings (SSSR count). The van der Waals surface area contributed by atoms with E-state index in [4.69, 9.17) is 4.74 Å². The Hall–Kier alpha value is -2.36. The summed E-state index contributed by atoms with van der Waals surface area (Å²) < 4.78 is 18.4. The average Bonchev–Trinajstić information content (AvgIpc) is 2.49. The minimum Gasteiger partial charge on any atom is -0.483 e. The normalized spacial score (nSPS) is 11.8. The minimum atomic E-state index is -0.291. The molecule has 0 fully saturated rings. The first-order chi connectivity index (χ1) is 10.5. The van der Waals surface area contributed by atoms with E-state index in [0.717, 1.165) is 16.7 Å². The van der Waals surface area contributed by atoms with Crippen molar-refractivity contribution >= 4 is 5.91 Å². The van der Waals surface area contributed by atoms with Crippen molar-refractivity contribution in [1.82, 2.24) is 5.32 Å². The second-order valence-electron chi connectivity index (χ2n) is 5.33. The topological polar surface area (TPSA) is 38.3 Å². The van der Waals surface area contributed by atoms with Gasteiger partial charge in [0.2, 0.25) is 0 Å². The standard InChI is InChI=1S/C18H20FNO2/c1-12-5-4-6-17(13(12)2)22-11-18(21)20-14(3)15-7-9-16(19)10-8-15/h4-10,14H,11H2,1-3H3,(H,20,21)/t14-/m1/s1. The van der Waals surface area contributed by atoms with Crippen LogP contribution in [0.15, 0.2) is 42.5 Å². The van der Waals surface area contributed by atoms with Crippen LogP contribution in [0.25, 0.3) is 0 Å². The van der Waals surface area contributed by atoms with Crippen molar-refractivity contribution in [3.05, 3.63) is 65.0 Å². The molecule has 1 amide bonds. The van der Waals surface area contributed by atoms with Gasteiger partial charge in [-0.2, -0.15) is 0 Å². The number of amides is 1. The molecule has 0 saturated carbocycles. The van der Waals surface area contributed by atoms with Gasteiger partial charge in [-0.05, 0) is 55.7 Å². The molecule has 0 bridgehead atoms. The van der Waals surface area contributed by atoms with Gasteiger partial charge in [-0.15, -0.1) is 0 Å². The molecule has 1 atom stereocenters. The predicted molar refractivity (Wildman–Crippen MR) is 84.4 cm³/mol. The second-order valence-corrected chi connectivity index (χ2v) is 5.33.